The summed E-state index contributed by atoms with van der Waals surface area (Å²) in [5, 5.41) is 0.424. The summed E-state index contributed by atoms with van der Waals surface area (Å²) in [4.78, 5) is 41.9. The van der Waals surface area contributed by atoms with Crippen LogP contribution in [0.4, 0.5) is 5.69 Å². The number of fused-ring (bicyclic) bond motifs is 1. The van der Waals surface area contributed by atoms with Crippen molar-refractivity contribution in [3.8, 4) is 5.75 Å². The van der Waals surface area contributed by atoms with Gasteiger partial charge >= 0.3 is 5.69 Å². The van der Waals surface area contributed by atoms with Crippen LogP contribution in [-0.2, 0) is 18.4 Å². The van der Waals surface area contributed by atoms with Gasteiger partial charge in [-0.25, -0.2) is 4.79 Å². The first-order valence-electron chi connectivity index (χ1n) is 9.85. The summed E-state index contributed by atoms with van der Waals surface area (Å²) >= 11 is 0. The highest BCUT2D eigenvalue weighted by molar-refractivity contribution is 5.82. The highest BCUT2D eigenvalue weighted by Crippen LogP contribution is 2.28. The molecule has 0 radical (unpaired) electrons. The highest BCUT2D eigenvalue weighted by Gasteiger charge is 2.24. The fraction of sp³-hybridized carbons (Fsp3) is 0.318. The van der Waals surface area contributed by atoms with Crippen LogP contribution in [0.2, 0.25) is 0 Å². The third kappa shape index (κ3) is 3.45. The minimum absolute atomic E-state index is 0.0951. The van der Waals surface area contributed by atoms with Gasteiger partial charge in [-0.3, -0.25) is 18.7 Å². The zero-order valence-corrected chi connectivity index (χ0v) is 17.1. The molecule has 2 aromatic carbocycles. The van der Waals surface area contributed by atoms with E-state index in [0.717, 1.165) is 16.0 Å². The van der Waals surface area contributed by atoms with E-state index >= 15 is 0 Å². The molecular weight excluding hydrogens is 384 g/mol. The maximum atomic E-state index is 13.0. The molecule has 1 aliphatic rings. The molecule has 4 rings (SSSR count). The van der Waals surface area contributed by atoms with Gasteiger partial charge in [0.25, 0.3) is 5.56 Å². The van der Waals surface area contributed by atoms with Crippen LogP contribution in [0.3, 0.4) is 0 Å². The van der Waals surface area contributed by atoms with E-state index in [9.17, 15) is 14.4 Å². The lowest BCUT2D eigenvalue weighted by atomic mass is 10.2. The average Bonchev–Trinajstić information content (AvgIpc) is 2.80. The van der Waals surface area contributed by atoms with Crippen molar-refractivity contribution in [2.75, 3.05) is 38.2 Å². The molecule has 0 unspecified atom stereocenters. The molecule has 1 aromatic heterocycles. The molecule has 3 aromatic rings. The fourth-order valence-corrected chi connectivity index (χ4v) is 3.92. The van der Waals surface area contributed by atoms with Gasteiger partial charge in [0, 0.05) is 33.2 Å². The van der Waals surface area contributed by atoms with E-state index in [-0.39, 0.29) is 18.0 Å². The first-order chi connectivity index (χ1) is 14.5. The standard InChI is InChI=1S/C22H24N4O4/c1-23-21(28)16-7-3-4-8-17(16)26(22(23)29)15-20(27)25-13-11-24(12-14-25)18-9-5-6-10-19(18)30-2/h3-10H,11-15H2,1-2H3. The first kappa shape index (κ1) is 19.8. The van der Waals surface area contributed by atoms with Crippen LogP contribution < -0.4 is 20.9 Å². The van der Waals surface area contributed by atoms with E-state index in [1.165, 1.54) is 11.6 Å². The summed E-state index contributed by atoms with van der Waals surface area (Å²) in [6.07, 6.45) is 0. The molecule has 0 bridgehead atoms. The van der Waals surface area contributed by atoms with E-state index in [2.05, 4.69) is 4.90 Å². The molecule has 1 fully saturated rings. The SMILES string of the molecule is COc1ccccc1N1CCN(C(=O)Cn2c(=O)n(C)c(=O)c3ccccc32)CC1. The van der Waals surface area contributed by atoms with E-state index in [1.807, 2.05) is 24.3 Å². The Hall–Kier alpha value is -3.55. The van der Waals surface area contributed by atoms with Gasteiger partial charge in [-0.05, 0) is 24.3 Å². The molecule has 0 atom stereocenters. The zero-order chi connectivity index (χ0) is 21.3. The van der Waals surface area contributed by atoms with Crippen LogP contribution in [0.1, 0.15) is 0 Å². The Morgan fingerprint density at radius 3 is 2.37 bits per heavy atom. The molecule has 0 aliphatic carbocycles. The van der Waals surface area contributed by atoms with Crippen molar-refractivity contribution in [3.05, 3.63) is 69.4 Å². The topological polar surface area (TPSA) is 76.8 Å². The Bertz CT molecular complexity index is 1210. The van der Waals surface area contributed by atoms with Gasteiger partial charge in [0.05, 0.1) is 23.7 Å². The largest absolute Gasteiger partial charge is 0.495 e. The molecule has 0 saturated carbocycles. The summed E-state index contributed by atoms with van der Waals surface area (Å²) in [7, 11) is 3.08. The van der Waals surface area contributed by atoms with E-state index in [0.29, 0.717) is 37.1 Å². The van der Waals surface area contributed by atoms with Crippen LogP contribution >= 0.6 is 0 Å². The smallest absolute Gasteiger partial charge is 0.331 e. The lowest BCUT2D eigenvalue weighted by molar-refractivity contribution is -0.132. The summed E-state index contributed by atoms with van der Waals surface area (Å²) in [6, 6.07) is 14.7. The van der Waals surface area contributed by atoms with Crippen molar-refractivity contribution in [3.63, 3.8) is 0 Å². The van der Waals surface area contributed by atoms with Crippen LogP contribution in [0.15, 0.2) is 58.1 Å². The number of aromatic nitrogens is 2. The molecule has 1 aliphatic heterocycles. The van der Waals surface area contributed by atoms with Crippen LogP contribution in [0.25, 0.3) is 10.9 Å². The molecule has 0 N–H and O–H groups in total. The Balaban J connectivity index is 1.53. The number of benzene rings is 2. The predicted molar refractivity (Wildman–Crippen MR) is 115 cm³/mol. The lowest BCUT2D eigenvalue weighted by Crippen LogP contribution is -2.50. The average molecular weight is 408 g/mol. The summed E-state index contributed by atoms with van der Waals surface area (Å²) in [5.41, 5.74) is 0.642. The van der Waals surface area contributed by atoms with Gasteiger partial charge in [-0.1, -0.05) is 24.3 Å². The first-order valence-corrected chi connectivity index (χ1v) is 9.85. The fourth-order valence-electron chi connectivity index (χ4n) is 3.92. The normalized spacial score (nSPS) is 14.2. The number of rotatable bonds is 4. The van der Waals surface area contributed by atoms with Crippen LogP contribution in [0.5, 0.6) is 5.75 Å². The van der Waals surface area contributed by atoms with Crippen molar-refractivity contribution in [2.24, 2.45) is 7.05 Å². The molecule has 2 heterocycles. The molecular formula is C22H24N4O4. The molecule has 156 valence electrons. The number of amides is 1. The Morgan fingerprint density at radius 1 is 0.967 bits per heavy atom. The minimum Gasteiger partial charge on any atom is -0.495 e. The maximum absolute atomic E-state index is 13.0. The third-order valence-corrected chi connectivity index (χ3v) is 5.60. The molecule has 30 heavy (non-hydrogen) atoms. The number of para-hydroxylation sites is 3. The summed E-state index contributed by atoms with van der Waals surface area (Å²) in [6.45, 7) is 2.36. The number of ether oxygens (including phenoxy) is 1. The van der Waals surface area contributed by atoms with Crippen molar-refractivity contribution in [1.29, 1.82) is 0 Å². The van der Waals surface area contributed by atoms with Gasteiger partial charge in [0.15, 0.2) is 0 Å². The third-order valence-electron chi connectivity index (χ3n) is 5.60. The van der Waals surface area contributed by atoms with Crippen molar-refractivity contribution < 1.29 is 9.53 Å². The summed E-state index contributed by atoms with van der Waals surface area (Å²) in [5.74, 6) is 0.668. The Labute approximate surface area is 173 Å². The van der Waals surface area contributed by atoms with Gasteiger partial charge in [-0.15, -0.1) is 0 Å². The van der Waals surface area contributed by atoms with Crippen molar-refractivity contribution >= 4 is 22.5 Å². The number of hydrogen-bond donors (Lipinski definition) is 0. The lowest BCUT2D eigenvalue weighted by Gasteiger charge is -2.36. The second-order valence-corrected chi connectivity index (χ2v) is 7.29. The quantitative estimate of drug-likeness (QED) is 0.645. The van der Waals surface area contributed by atoms with Gasteiger partial charge in [-0.2, -0.15) is 0 Å². The van der Waals surface area contributed by atoms with Crippen LogP contribution in [0, 0.1) is 0 Å². The Morgan fingerprint density at radius 2 is 1.63 bits per heavy atom. The second-order valence-electron chi connectivity index (χ2n) is 7.29. The Kier molecular flexibility index (Phi) is 5.31. The molecule has 8 nitrogen and oxygen atoms in total. The number of methoxy groups -OCH3 is 1. The van der Waals surface area contributed by atoms with E-state index < -0.39 is 5.69 Å². The van der Waals surface area contributed by atoms with Gasteiger partial charge in [0.1, 0.15) is 12.3 Å². The van der Waals surface area contributed by atoms with Crippen molar-refractivity contribution in [1.82, 2.24) is 14.0 Å². The molecule has 1 saturated heterocycles. The van der Waals surface area contributed by atoms with Gasteiger partial charge < -0.3 is 14.5 Å². The number of nitrogens with zero attached hydrogens (tertiary/aromatic N) is 4. The van der Waals surface area contributed by atoms with E-state index in [1.54, 1.807) is 36.3 Å². The van der Waals surface area contributed by atoms with Crippen molar-refractivity contribution in [2.45, 2.75) is 6.54 Å². The molecule has 0 spiro atoms. The van der Waals surface area contributed by atoms with Crippen LogP contribution in [-0.4, -0.2) is 53.2 Å². The maximum Gasteiger partial charge on any atom is 0.331 e. The van der Waals surface area contributed by atoms with E-state index in [4.69, 9.17) is 4.74 Å². The molecule has 8 heteroatoms. The second kappa shape index (κ2) is 8.06. The number of carbonyl (C=O) groups excluding carboxylic acids is 1. The molecule has 1 amide bonds. The number of piperazine rings is 1. The monoisotopic (exact) mass is 408 g/mol. The predicted octanol–water partition coefficient (Wildman–Crippen LogP) is 1.06. The minimum atomic E-state index is -0.486. The number of hydrogen-bond acceptors (Lipinski definition) is 5. The highest BCUT2D eigenvalue weighted by atomic mass is 16.5. The summed E-state index contributed by atoms with van der Waals surface area (Å²) < 4.78 is 7.87. The number of anilines is 1. The number of carbonyl (C=O) groups is 1. The van der Waals surface area contributed by atoms with Gasteiger partial charge in [0.2, 0.25) is 5.91 Å². The zero-order valence-electron chi connectivity index (χ0n) is 17.1.